The molecule has 3 aromatic rings. The van der Waals surface area contributed by atoms with Crippen molar-refractivity contribution in [1.82, 2.24) is 14.5 Å². The van der Waals surface area contributed by atoms with E-state index in [1.807, 2.05) is 43.3 Å². The molecule has 2 aromatic carbocycles. The first-order valence-electron chi connectivity index (χ1n) is 8.70. The standard InChI is InChI=1S/C20H23N3O3/c1-3-26-12-11-23-18-10-9-16(13-17(18)21-20(23)25)19(24)22(2)14-15-7-5-4-6-8-15/h4-10,13H,3,11-12,14H2,1-2H3,(H,21,25). The third-order valence-electron chi connectivity index (χ3n) is 4.29. The molecule has 0 bridgehead atoms. The number of amides is 1. The van der Waals surface area contributed by atoms with Gasteiger partial charge in [0.1, 0.15) is 0 Å². The van der Waals surface area contributed by atoms with Crippen LogP contribution in [0.5, 0.6) is 0 Å². The molecule has 0 fully saturated rings. The van der Waals surface area contributed by atoms with Crippen LogP contribution in [-0.4, -0.2) is 40.6 Å². The summed E-state index contributed by atoms with van der Waals surface area (Å²) < 4.78 is 6.96. The number of hydrogen-bond donors (Lipinski definition) is 1. The second kappa shape index (κ2) is 8.01. The smallest absolute Gasteiger partial charge is 0.326 e. The molecule has 136 valence electrons. The quantitative estimate of drug-likeness (QED) is 0.664. The van der Waals surface area contributed by atoms with Gasteiger partial charge in [0.2, 0.25) is 0 Å². The molecule has 0 radical (unpaired) electrons. The normalized spacial score (nSPS) is 11.0. The van der Waals surface area contributed by atoms with Gasteiger partial charge in [0.15, 0.2) is 0 Å². The van der Waals surface area contributed by atoms with Crippen molar-refractivity contribution in [2.45, 2.75) is 20.0 Å². The van der Waals surface area contributed by atoms with Crippen LogP contribution in [0.15, 0.2) is 53.3 Å². The van der Waals surface area contributed by atoms with Crippen molar-refractivity contribution < 1.29 is 9.53 Å². The van der Waals surface area contributed by atoms with Gasteiger partial charge >= 0.3 is 5.69 Å². The summed E-state index contributed by atoms with van der Waals surface area (Å²) in [6, 6.07) is 15.1. The number of ether oxygens (including phenoxy) is 1. The van der Waals surface area contributed by atoms with Gasteiger partial charge in [0.05, 0.1) is 24.2 Å². The van der Waals surface area contributed by atoms with E-state index < -0.39 is 0 Å². The van der Waals surface area contributed by atoms with Gasteiger partial charge in [0, 0.05) is 25.8 Å². The molecule has 0 saturated heterocycles. The number of benzene rings is 2. The molecule has 1 aromatic heterocycles. The number of aromatic nitrogens is 2. The summed E-state index contributed by atoms with van der Waals surface area (Å²) in [5.41, 5.74) is 2.86. The molecule has 0 aliphatic carbocycles. The van der Waals surface area contributed by atoms with E-state index in [1.54, 1.807) is 28.6 Å². The molecule has 1 N–H and O–H groups in total. The average molecular weight is 353 g/mol. The number of H-pyrrole nitrogens is 1. The van der Waals surface area contributed by atoms with Crippen molar-refractivity contribution in [3.63, 3.8) is 0 Å². The van der Waals surface area contributed by atoms with Gasteiger partial charge in [-0.1, -0.05) is 30.3 Å². The molecule has 6 heteroatoms. The molecule has 3 rings (SSSR count). The maximum Gasteiger partial charge on any atom is 0.326 e. The monoisotopic (exact) mass is 353 g/mol. The Morgan fingerprint density at radius 3 is 2.69 bits per heavy atom. The molecular formula is C20H23N3O3. The van der Waals surface area contributed by atoms with Gasteiger partial charge < -0.3 is 14.6 Å². The lowest BCUT2D eigenvalue weighted by Gasteiger charge is -2.17. The molecule has 0 aliphatic rings. The minimum absolute atomic E-state index is 0.0846. The number of carbonyl (C=O) groups is 1. The SMILES string of the molecule is CCOCCn1c(=O)[nH]c2cc(C(=O)N(C)Cc3ccccc3)ccc21. The van der Waals surface area contributed by atoms with Crippen LogP contribution in [0, 0.1) is 0 Å². The predicted octanol–water partition coefficient (Wildman–Crippen LogP) is 2.64. The van der Waals surface area contributed by atoms with Crippen molar-refractivity contribution in [3.05, 3.63) is 70.1 Å². The highest BCUT2D eigenvalue weighted by molar-refractivity contribution is 5.97. The maximum atomic E-state index is 12.7. The predicted molar refractivity (Wildman–Crippen MR) is 101 cm³/mol. The summed E-state index contributed by atoms with van der Waals surface area (Å²) in [6.45, 7) is 4.02. The molecule has 0 saturated carbocycles. The third kappa shape index (κ3) is 3.86. The molecule has 1 heterocycles. The lowest BCUT2D eigenvalue weighted by Crippen LogP contribution is -2.26. The van der Waals surface area contributed by atoms with Gasteiger partial charge in [-0.3, -0.25) is 9.36 Å². The summed E-state index contributed by atoms with van der Waals surface area (Å²) in [4.78, 5) is 29.3. The maximum absolute atomic E-state index is 12.7. The lowest BCUT2D eigenvalue weighted by atomic mass is 10.1. The number of imidazole rings is 1. The first kappa shape index (κ1) is 17.9. The second-order valence-electron chi connectivity index (χ2n) is 6.16. The minimum Gasteiger partial charge on any atom is -0.380 e. The topological polar surface area (TPSA) is 67.3 Å². The molecule has 0 unspecified atom stereocenters. The van der Waals surface area contributed by atoms with E-state index in [4.69, 9.17) is 4.74 Å². The fraction of sp³-hybridized carbons (Fsp3) is 0.300. The zero-order valence-electron chi connectivity index (χ0n) is 15.1. The number of hydrogen-bond acceptors (Lipinski definition) is 3. The highest BCUT2D eigenvalue weighted by Gasteiger charge is 2.14. The number of nitrogens with one attached hydrogen (secondary N) is 1. The highest BCUT2D eigenvalue weighted by atomic mass is 16.5. The van der Waals surface area contributed by atoms with E-state index in [9.17, 15) is 9.59 Å². The van der Waals surface area contributed by atoms with E-state index in [0.29, 0.717) is 37.4 Å². The Bertz CT molecular complexity index is 944. The fourth-order valence-corrected chi connectivity index (χ4v) is 2.97. The van der Waals surface area contributed by atoms with E-state index in [1.165, 1.54) is 0 Å². The number of aromatic amines is 1. The van der Waals surface area contributed by atoms with E-state index in [0.717, 1.165) is 11.1 Å². The van der Waals surface area contributed by atoms with Crippen LogP contribution in [0.3, 0.4) is 0 Å². The van der Waals surface area contributed by atoms with Gasteiger partial charge in [-0.25, -0.2) is 4.79 Å². The Kier molecular flexibility index (Phi) is 5.53. The molecule has 0 atom stereocenters. The van der Waals surface area contributed by atoms with Crippen molar-refractivity contribution >= 4 is 16.9 Å². The van der Waals surface area contributed by atoms with Crippen LogP contribution in [0.4, 0.5) is 0 Å². The zero-order valence-corrected chi connectivity index (χ0v) is 15.1. The second-order valence-corrected chi connectivity index (χ2v) is 6.16. The lowest BCUT2D eigenvalue weighted by molar-refractivity contribution is 0.0785. The van der Waals surface area contributed by atoms with E-state index >= 15 is 0 Å². The van der Waals surface area contributed by atoms with Gasteiger partial charge in [-0.15, -0.1) is 0 Å². The van der Waals surface area contributed by atoms with Crippen LogP contribution in [0.1, 0.15) is 22.8 Å². The number of nitrogens with zero attached hydrogens (tertiary/aromatic N) is 2. The Morgan fingerprint density at radius 1 is 1.19 bits per heavy atom. The van der Waals surface area contributed by atoms with Crippen LogP contribution < -0.4 is 5.69 Å². The zero-order chi connectivity index (χ0) is 18.5. The summed E-state index contributed by atoms with van der Waals surface area (Å²) in [7, 11) is 1.77. The summed E-state index contributed by atoms with van der Waals surface area (Å²) >= 11 is 0. The largest absolute Gasteiger partial charge is 0.380 e. The molecule has 0 aliphatic heterocycles. The molecular weight excluding hydrogens is 330 g/mol. The number of rotatable bonds is 7. The van der Waals surface area contributed by atoms with E-state index in [2.05, 4.69) is 4.98 Å². The van der Waals surface area contributed by atoms with Crippen molar-refractivity contribution in [2.75, 3.05) is 20.3 Å². The Morgan fingerprint density at radius 2 is 1.96 bits per heavy atom. The van der Waals surface area contributed by atoms with E-state index in [-0.39, 0.29) is 11.6 Å². The highest BCUT2D eigenvalue weighted by Crippen LogP contribution is 2.15. The van der Waals surface area contributed by atoms with Crippen molar-refractivity contribution in [2.24, 2.45) is 0 Å². The van der Waals surface area contributed by atoms with Crippen LogP contribution >= 0.6 is 0 Å². The van der Waals surface area contributed by atoms with Crippen LogP contribution in [0.25, 0.3) is 11.0 Å². The molecule has 26 heavy (non-hydrogen) atoms. The Balaban J connectivity index is 1.80. The first-order valence-corrected chi connectivity index (χ1v) is 8.70. The summed E-state index contributed by atoms with van der Waals surface area (Å²) in [5.74, 6) is -0.0846. The third-order valence-corrected chi connectivity index (χ3v) is 4.29. The number of carbonyl (C=O) groups excluding carboxylic acids is 1. The summed E-state index contributed by atoms with van der Waals surface area (Å²) in [6.07, 6.45) is 0. The Hall–Kier alpha value is -2.86. The van der Waals surface area contributed by atoms with Crippen LogP contribution in [-0.2, 0) is 17.8 Å². The first-order chi connectivity index (χ1) is 12.6. The number of fused-ring (bicyclic) bond motifs is 1. The van der Waals surface area contributed by atoms with Crippen molar-refractivity contribution in [3.8, 4) is 0 Å². The Labute approximate surface area is 152 Å². The summed E-state index contributed by atoms with van der Waals surface area (Å²) in [5, 5.41) is 0. The molecule has 1 amide bonds. The fourth-order valence-electron chi connectivity index (χ4n) is 2.97. The average Bonchev–Trinajstić information content (AvgIpc) is 2.96. The van der Waals surface area contributed by atoms with Gasteiger partial charge in [-0.05, 0) is 30.7 Å². The van der Waals surface area contributed by atoms with Crippen LogP contribution in [0.2, 0.25) is 0 Å². The van der Waals surface area contributed by atoms with Gasteiger partial charge in [-0.2, -0.15) is 0 Å². The van der Waals surface area contributed by atoms with Gasteiger partial charge in [0.25, 0.3) is 5.91 Å². The molecule has 6 nitrogen and oxygen atoms in total. The molecule has 0 spiro atoms. The minimum atomic E-state index is -0.193. The van der Waals surface area contributed by atoms with Crippen molar-refractivity contribution in [1.29, 1.82) is 0 Å².